The number of carbonyl (C=O) groups is 5. The van der Waals surface area contributed by atoms with Crippen LogP contribution < -0.4 is 16.2 Å². The zero-order chi connectivity index (χ0) is 50.7. The highest BCUT2D eigenvalue weighted by atomic mass is 32.1. The molecular weight excluding hydrogens is 924 g/mol. The number of thiazole rings is 1. The van der Waals surface area contributed by atoms with Gasteiger partial charge in [-0.05, 0) is 60.1 Å². The molecule has 3 unspecified atom stereocenters. The first kappa shape index (κ1) is 52.5. The van der Waals surface area contributed by atoms with Gasteiger partial charge in [0.05, 0.1) is 38.8 Å². The standard InChI is InChI=1S/C54H67FN8O7S/c1-35-48(71-34-57-35)38-22-19-36(20-23-38)32-56-51(68)45-31-39(64)33-63(45)53(70)49(54(2,3)4)58-46(65)17-11-9-7-5-6-8-10-12-18-47(66)61-25-27-62(28-26-61)52(69)42-29-37(21-24-43(42)55)30-44-40-15-13-14-16-41(40)50(67)60-59-44/h13-16,19-24,29,34,39,45,49,64H,5-12,17-18,25-28,30-33H2,1-4H3,(H,56,68)(H,58,65)(H,60,67). The second kappa shape index (κ2) is 24.2. The lowest BCUT2D eigenvalue weighted by Crippen LogP contribution is -2.57. The van der Waals surface area contributed by atoms with Crippen LogP contribution in [0.25, 0.3) is 21.2 Å². The van der Waals surface area contributed by atoms with Crippen molar-refractivity contribution in [3.8, 4) is 10.4 Å². The fourth-order valence-electron chi connectivity index (χ4n) is 9.47. The number of piperazine rings is 1. The molecule has 71 heavy (non-hydrogen) atoms. The number of likely N-dealkylation sites (tertiary alicyclic amines) is 1. The number of halogens is 1. The first-order valence-electron chi connectivity index (χ1n) is 24.9. The zero-order valence-electron chi connectivity index (χ0n) is 41.3. The predicted molar refractivity (Wildman–Crippen MR) is 272 cm³/mol. The van der Waals surface area contributed by atoms with Gasteiger partial charge in [-0.3, -0.25) is 28.8 Å². The number of hydrogen-bond donors (Lipinski definition) is 4. The summed E-state index contributed by atoms with van der Waals surface area (Å²) in [5, 5.41) is 24.4. The van der Waals surface area contributed by atoms with Crippen molar-refractivity contribution in [2.75, 3.05) is 32.7 Å². The molecule has 17 heteroatoms. The minimum atomic E-state index is -0.874. The van der Waals surface area contributed by atoms with E-state index in [1.54, 1.807) is 45.4 Å². The molecule has 2 aliphatic rings. The average Bonchev–Trinajstić information content (AvgIpc) is 3.98. The molecule has 15 nitrogen and oxygen atoms in total. The lowest BCUT2D eigenvalue weighted by atomic mass is 9.85. The van der Waals surface area contributed by atoms with E-state index in [4.69, 9.17) is 0 Å². The molecule has 4 heterocycles. The van der Waals surface area contributed by atoms with Crippen LogP contribution >= 0.6 is 11.3 Å². The number of benzene rings is 3. The fraction of sp³-hybridized carbons (Fsp3) is 0.481. The maximum Gasteiger partial charge on any atom is 0.272 e. The van der Waals surface area contributed by atoms with E-state index in [0.717, 1.165) is 66.6 Å². The van der Waals surface area contributed by atoms with Gasteiger partial charge >= 0.3 is 0 Å². The third kappa shape index (κ3) is 13.8. The van der Waals surface area contributed by atoms with Gasteiger partial charge in [0.25, 0.3) is 11.5 Å². The van der Waals surface area contributed by atoms with Crippen molar-refractivity contribution in [2.24, 2.45) is 5.41 Å². The van der Waals surface area contributed by atoms with Gasteiger partial charge in [0.2, 0.25) is 23.6 Å². The Balaban J connectivity index is 0.754. The number of nitrogens with zero attached hydrogens (tertiary/aromatic N) is 5. The Kier molecular flexibility index (Phi) is 17.9. The van der Waals surface area contributed by atoms with Crippen molar-refractivity contribution >= 4 is 51.6 Å². The van der Waals surface area contributed by atoms with Gasteiger partial charge in [-0.15, -0.1) is 11.3 Å². The molecule has 0 aliphatic carbocycles. The van der Waals surface area contributed by atoms with E-state index >= 15 is 0 Å². The van der Waals surface area contributed by atoms with Crippen LogP contribution in [-0.2, 0) is 32.1 Å². The molecule has 0 saturated carbocycles. The summed E-state index contributed by atoms with van der Waals surface area (Å²) in [6.07, 6.45) is 7.52. The molecule has 378 valence electrons. The van der Waals surface area contributed by atoms with Crippen molar-refractivity contribution in [1.82, 2.24) is 40.5 Å². The molecule has 2 aliphatic heterocycles. The van der Waals surface area contributed by atoms with Crippen LogP contribution in [0.1, 0.15) is 124 Å². The quantitative estimate of drug-likeness (QED) is 0.0589. The second-order valence-corrected chi connectivity index (χ2v) is 20.8. The molecule has 3 aromatic carbocycles. The van der Waals surface area contributed by atoms with E-state index in [-0.39, 0.29) is 60.7 Å². The minimum Gasteiger partial charge on any atom is -0.391 e. The highest BCUT2D eigenvalue weighted by molar-refractivity contribution is 7.13. The molecule has 4 N–H and O–H groups in total. The minimum absolute atomic E-state index is 0.0152. The van der Waals surface area contributed by atoms with Crippen LogP contribution in [0.2, 0.25) is 0 Å². The third-order valence-corrected chi connectivity index (χ3v) is 14.6. The maximum atomic E-state index is 15.0. The first-order chi connectivity index (χ1) is 34.1. The molecular formula is C54H67FN8O7S. The average molecular weight is 991 g/mol. The number of aliphatic hydroxyl groups is 1. The monoisotopic (exact) mass is 990 g/mol. The molecule has 2 fully saturated rings. The number of rotatable bonds is 20. The number of aryl methyl sites for hydroxylation is 1. The zero-order valence-corrected chi connectivity index (χ0v) is 42.1. The number of aromatic nitrogens is 3. The van der Waals surface area contributed by atoms with Gasteiger partial charge in [0.15, 0.2) is 0 Å². The third-order valence-electron chi connectivity index (χ3n) is 13.6. The highest BCUT2D eigenvalue weighted by Crippen LogP contribution is 2.29. The topological polar surface area (TPSA) is 198 Å². The van der Waals surface area contributed by atoms with Gasteiger partial charge < -0.3 is 30.4 Å². The Morgan fingerprint density at radius 3 is 2.14 bits per heavy atom. The molecule has 5 aromatic rings. The van der Waals surface area contributed by atoms with Crippen molar-refractivity contribution in [2.45, 2.75) is 129 Å². The number of carbonyl (C=O) groups excluding carboxylic acids is 5. The van der Waals surface area contributed by atoms with Crippen LogP contribution in [0.4, 0.5) is 4.39 Å². The smallest absolute Gasteiger partial charge is 0.272 e. The van der Waals surface area contributed by atoms with Crippen molar-refractivity contribution in [1.29, 1.82) is 0 Å². The number of H-pyrrole nitrogens is 1. The Labute approximate surface area is 418 Å². The summed E-state index contributed by atoms with van der Waals surface area (Å²) in [4.78, 5) is 89.6. The summed E-state index contributed by atoms with van der Waals surface area (Å²) in [6.45, 7) is 9.29. The summed E-state index contributed by atoms with van der Waals surface area (Å²) in [5.74, 6) is -1.93. The van der Waals surface area contributed by atoms with E-state index in [2.05, 4.69) is 25.8 Å². The molecule has 3 atom stereocenters. The Bertz CT molecular complexity index is 2730. The van der Waals surface area contributed by atoms with Gasteiger partial charge in [-0.2, -0.15) is 5.10 Å². The first-order valence-corrected chi connectivity index (χ1v) is 25.8. The van der Waals surface area contributed by atoms with Gasteiger partial charge in [-0.25, -0.2) is 14.5 Å². The summed E-state index contributed by atoms with van der Waals surface area (Å²) in [6, 6.07) is 17.7. The van der Waals surface area contributed by atoms with E-state index < -0.39 is 35.3 Å². The number of fused-ring (bicyclic) bond motifs is 1. The second-order valence-electron chi connectivity index (χ2n) is 20.0. The number of amides is 5. The Hall–Kier alpha value is -6.33. The number of unbranched alkanes of at least 4 members (excludes halogenated alkanes) is 7. The SMILES string of the molecule is Cc1ncsc1-c1ccc(CNC(=O)C2CC(O)CN2C(=O)C(NC(=O)CCCCCCCCCCC(=O)N2CCN(C(=O)c3cc(Cc4n[nH]c(=O)c5ccccc45)ccc3F)CC2)C(C)(C)C)cc1. The molecule has 0 spiro atoms. The van der Waals surface area contributed by atoms with Crippen LogP contribution in [0.5, 0.6) is 0 Å². The number of β-amino-alcohol motifs (C(OH)–C–C–N with tert-alkyl or cyclic N) is 1. The summed E-state index contributed by atoms with van der Waals surface area (Å²) in [5.41, 5.74) is 5.08. The predicted octanol–water partition coefficient (Wildman–Crippen LogP) is 7.08. The van der Waals surface area contributed by atoms with Crippen molar-refractivity contribution < 1.29 is 33.5 Å². The van der Waals surface area contributed by atoms with E-state index in [1.165, 1.54) is 11.0 Å². The summed E-state index contributed by atoms with van der Waals surface area (Å²) < 4.78 is 15.0. The lowest BCUT2D eigenvalue weighted by molar-refractivity contribution is -0.144. The molecule has 0 bridgehead atoms. The van der Waals surface area contributed by atoms with Gasteiger partial charge in [0, 0.05) is 70.3 Å². The van der Waals surface area contributed by atoms with E-state index in [1.807, 2.05) is 69.6 Å². The molecule has 5 amide bonds. The molecule has 2 saturated heterocycles. The summed E-state index contributed by atoms with van der Waals surface area (Å²) in [7, 11) is 0. The number of nitrogens with one attached hydrogen (secondary N) is 3. The van der Waals surface area contributed by atoms with Crippen LogP contribution in [-0.4, -0.2) is 115 Å². The van der Waals surface area contributed by atoms with Gasteiger partial charge in [-0.1, -0.05) is 108 Å². The molecule has 2 aromatic heterocycles. The Morgan fingerprint density at radius 1 is 0.845 bits per heavy atom. The summed E-state index contributed by atoms with van der Waals surface area (Å²) >= 11 is 1.57. The van der Waals surface area contributed by atoms with Crippen molar-refractivity contribution in [3.63, 3.8) is 0 Å². The Morgan fingerprint density at radius 2 is 1.48 bits per heavy atom. The maximum absolute atomic E-state index is 15.0. The van der Waals surface area contributed by atoms with Crippen molar-refractivity contribution in [3.05, 3.63) is 116 Å². The lowest BCUT2D eigenvalue weighted by Gasteiger charge is -2.35. The normalized spacial score (nSPS) is 16.6. The van der Waals surface area contributed by atoms with Crippen LogP contribution in [0, 0.1) is 18.2 Å². The largest absolute Gasteiger partial charge is 0.391 e. The van der Waals surface area contributed by atoms with E-state index in [0.29, 0.717) is 67.5 Å². The van der Waals surface area contributed by atoms with Gasteiger partial charge in [0.1, 0.15) is 17.9 Å². The number of hydrogen-bond acceptors (Lipinski definition) is 10. The van der Waals surface area contributed by atoms with Crippen LogP contribution in [0.15, 0.2) is 77.0 Å². The number of aliphatic hydroxyl groups excluding tert-OH is 1. The van der Waals surface area contributed by atoms with Crippen LogP contribution in [0.3, 0.4) is 0 Å². The molecule has 7 rings (SSSR count). The highest BCUT2D eigenvalue weighted by Gasteiger charge is 2.44. The fourth-order valence-corrected chi connectivity index (χ4v) is 10.3. The number of aromatic amines is 1. The van der Waals surface area contributed by atoms with E-state index in [9.17, 15) is 38.3 Å². The molecule has 0 radical (unpaired) electrons.